The topological polar surface area (TPSA) is 91.4 Å². The van der Waals surface area contributed by atoms with E-state index >= 15 is 0 Å². The first kappa shape index (κ1) is 15.4. The van der Waals surface area contributed by atoms with Crippen molar-refractivity contribution in [1.82, 2.24) is 15.0 Å². The van der Waals surface area contributed by atoms with E-state index in [9.17, 15) is 15.3 Å². The lowest BCUT2D eigenvalue weighted by atomic mass is 10.2. The Bertz CT molecular complexity index is 896. The van der Waals surface area contributed by atoms with Gasteiger partial charge in [0.05, 0.1) is 6.20 Å². The molecule has 6 nitrogen and oxygen atoms in total. The molecule has 3 rings (SSSR count). The Morgan fingerprint density at radius 3 is 2.29 bits per heavy atom. The Kier molecular flexibility index (Phi) is 4.29. The van der Waals surface area contributed by atoms with E-state index in [0.717, 1.165) is 11.1 Å². The average molecular weight is 321 g/mol. The van der Waals surface area contributed by atoms with Gasteiger partial charge in [-0.3, -0.25) is 0 Å². The number of aromatic hydroxyl groups is 3. The zero-order valence-corrected chi connectivity index (χ0v) is 12.6. The SMILES string of the molecule is Oc1ccc(/C=C/n2cc(/C=C/c3ccc(O)c(O)c3)nn2)cc1. The van der Waals surface area contributed by atoms with Gasteiger partial charge in [0.1, 0.15) is 11.4 Å². The summed E-state index contributed by atoms with van der Waals surface area (Å²) in [5.41, 5.74) is 2.32. The van der Waals surface area contributed by atoms with Gasteiger partial charge in [0.25, 0.3) is 0 Å². The van der Waals surface area contributed by atoms with Crippen LogP contribution >= 0.6 is 0 Å². The second-order valence-corrected chi connectivity index (χ2v) is 5.11. The first-order chi connectivity index (χ1) is 11.6. The molecule has 3 N–H and O–H groups in total. The van der Waals surface area contributed by atoms with Gasteiger partial charge in [-0.15, -0.1) is 5.10 Å². The molecule has 0 saturated carbocycles. The van der Waals surface area contributed by atoms with Crippen LogP contribution in [0.1, 0.15) is 16.8 Å². The average Bonchev–Trinajstić information content (AvgIpc) is 3.03. The van der Waals surface area contributed by atoms with Crippen LogP contribution in [0.15, 0.2) is 48.7 Å². The standard InChI is InChI=1S/C18H15N3O3/c22-16-6-2-13(3-7-16)9-10-21-12-15(19-20-21)5-1-14-4-8-17(23)18(24)11-14/h1-12,22-24H/b5-1+,10-9+. The molecule has 24 heavy (non-hydrogen) atoms. The van der Waals surface area contributed by atoms with Crippen molar-refractivity contribution in [3.05, 3.63) is 65.5 Å². The van der Waals surface area contributed by atoms with Crippen molar-refractivity contribution in [2.45, 2.75) is 0 Å². The zero-order chi connectivity index (χ0) is 16.9. The zero-order valence-electron chi connectivity index (χ0n) is 12.6. The smallest absolute Gasteiger partial charge is 0.157 e. The van der Waals surface area contributed by atoms with Crippen molar-refractivity contribution >= 4 is 24.4 Å². The van der Waals surface area contributed by atoms with Crippen LogP contribution in [0.4, 0.5) is 0 Å². The number of hydrogen-bond donors (Lipinski definition) is 3. The number of aromatic nitrogens is 3. The van der Waals surface area contributed by atoms with E-state index in [2.05, 4.69) is 10.3 Å². The third kappa shape index (κ3) is 3.80. The molecule has 0 unspecified atom stereocenters. The molecule has 0 saturated heterocycles. The fraction of sp³-hybridized carbons (Fsp3) is 0. The predicted octanol–water partition coefficient (Wildman–Crippen LogP) is 3.19. The van der Waals surface area contributed by atoms with Gasteiger partial charge in [-0.2, -0.15) is 0 Å². The molecule has 0 aliphatic heterocycles. The van der Waals surface area contributed by atoms with Crippen LogP contribution in [0.2, 0.25) is 0 Å². The van der Waals surface area contributed by atoms with Gasteiger partial charge >= 0.3 is 0 Å². The Balaban J connectivity index is 1.69. The lowest BCUT2D eigenvalue weighted by molar-refractivity contribution is 0.403. The summed E-state index contributed by atoms with van der Waals surface area (Å²) >= 11 is 0. The molecule has 3 aromatic rings. The fourth-order valence-corrected chi connectivity index (χ4v) is 2.01. The van der Waals surface area contributed by atoms with E-state index < -0.39 is 0 Å². The second kappa shape index (κ2) is 6.70. The summed E-state index contributed by atoms with van der Waals surface area (Å²) in [4.78, 5) is 0. The van der Waals surface area contributed by atoms with Gasteiger partial charge in [-0.05, 0) is 47.5 Å². The maximum atomic E-state index is 9.46. The minimum atomic E-state index is -0.169. The largest absolute Gasteiger partial charge is 0.508 e. The molecule has 0 radical (unpaired) electrons. The molecule has 0 bridgehead atoms. The van der Waals surface area contributed by atoms with Crippen molar-refractivity contribution in [1.29, 1.82) is 0 Å². The van der Waals surface area contributed by atoms with E-state index in [1.54, 1.807) is 59.6 Å². The number of phenolic OH excluding ortho intramolecular Hbond substituents is 3. The van der Waals surface area contributed by atoms with Crippen molar-refractivity contribution < 1.29 is 15.3 Å². The van der Waals surface area contributed by atoms with Gasteiger partial charge in [-0.25, -0.2) is 4.68 Å². The molecular formula is C18H15N3O3. The van der Waals surface area contributed by atoms with E-state index in [4.69, 9.17) is 0 Å². The Morgan fingerprint density at radius 2 is 1.54 bits per heavy atom. The third-order valence-corrected chi connectivity index (χ3v) is 3.29. The molecule has 0 aliphatic carbocycles. The molecule has 120 valence electrons. The lowest BCUT2D eigenvalue weighted by Gasteiger charge is -1.97. The minimum Gasteiger partial charge on any atom is -0.508 e. The first-order valence-electron chi connectivity index (χ1n) is 7.19. The summed E-state index contributed by atoms with van der Waals surface area (Å²) in [7, 11) is 0. The van der Waals surface area contributed by atoms with Crippen molar-refractivity contribution in [2.75, 3.05) is 0 Å². The Labute approximate surface area is 138 Å². The molecule has 0 aliphatic rings. The van der Waals surface area contributed by atoms with E-state index in [1.165, 1.54) is 12.1 Å². The molecule has 1 aromatic heterocycles. The molecule has 1 heterocycles. The normalized spacial score (nSPS) is 11.5. The highest BCUT2D eigenvalue weighted by atomic mass is 16.3. The van der Waals surface area contributed by atoms with Crippen molar-refractivity contribution in [2.24, 2.45) is 0 Å². The van der Waals surface area contributed by atoms with Crippen LogP contribution in [0.5, 0.6) is 17.2 Å². The van der Waals surface area contributed by atoms with Gasteiger partial charge in [-0.1, -0.05) is 29.5 Å². The second-order valence-electron chi connectivity index (χ2n) is 5.11. The molecule has 0 atom stereocenters. The maximum Gasteiger partial charge on any atom is 0.157 e. The molecule has 6 heteroatoms. The fourth-order valence-electron chi connectivity index (χ4n) is 2.01. The number of hydrogen-bond acceptors (Lipinski definition) is 5. The van der Waals surface area contributed by atoms with Crippen LogP contribution in [-0.2, 0) is 0 Å². The lowest BCUT2D eigenvalue weighted by Crippen LogP contribution is -1.85. The number of rotatable bonds is 4. The van der Waals surface area contributed by atoms with E-state index in [-0.39, 0.29) is 17.2 Å². The molecule has 0 amide bonds. The van der Waals surface area contributed by atoms with Crippen LogP contribution in [0, 0.1) is 0 Å². The number of nitrogens with zero attached hydrogens (tertiary/aromatic N) is 3. The summed E-state index contributed by atoms with van der Waals surface area (Å²) < 4.78 is 1.57. The van der Waals surface area contributed by atoms with E-state index in [0.29, 0.717) is 5.69 Å². The maximum absolute atomic E-state index is 9.46. The summed E-state index contributed by atoms with van der Waals surface area (Å²) in [6.07, 6.45) is 8.86. The minimum absolute atomic E-state index is 0.155. The molecule has 2 aromatic carbocycles. The van der Waals surface area contributed by atoms with Gasteiger partial charge in [0.15, 0.2) is 11.5 Å². The Morgan fingerprint density at radius 1 is 0.792 bits per heavy atom. The monoisotopic (exact) mass is 321 g/mol. The summed E-state index contributed by atoms with van der Waals surface area (Å²) in [6.45, 7) is 0. The van der Waals surface area contributed by atoms with Crippen LogP contribution in [0.25, 0.3) is 24.4 Å². The van der Waals surface area contributed by atoms with Crippen molar-refractivity contribution in [3.8, 4) is 17.2 Å². The molecule has 0 spiro atoms. The molecule has 0 fully saturated rings. The highest BCUT2D eigenvalue weighted by molar-refractivity contribution is 5.69. The number of benzene rings is 2. The van der Waals surface area contributed by atoms with Crippen LogP contribution in [0.3, 0.4) is 0 Å². The summed E-state index contributed by atoms with van der Waals surface area (Å²) in [5, 5.41) is 36.0. The Hall–Kier alpha value is -3.54. The third-order valence-electron chi connectivity index (χ3n) is 3.29. The van der Waals surface area contributed by atoms with E-state index in [1.807, 2.05) is 6.08 Å². The quantitative estimate of drug-likeness (QED) is 0.642. The van der Waals surface area contributed by atoms with Gasteiger partial charge in [0.2, 0.25) is 0 Å². The van der Waals surface area contributed by atoms with Crippen LogP contribution in [-0.4, -0.2) is 30.3 Å². The van der Waals surface area contributed by atoms with Gasteiger partial charge in [0, 0.05) is 6.20 Å². The summed E-state index contributed by atoms with van der Waals surface area (Å²) in [5.74, 6) is -0.101. The number of phenols is 3. The van der Waals surface area contributed by atoms with Crippen LogP contribution < -0.4 is 0 Å². The first-order valence-corrected chi connectivity index (χ1v) is 7.19. The highest BCUT2D eigenvalue weighted by Crippen LogP contribution is 2.25. The van der Waals surface area contributed by atoms with Crippen molar-refractivity contribution in [3.63, 3.8) is 0 Å². The molecular weight excluding hydrogens is 306 g/mol. The highest BCUT2D eigenvalue weighted by Gasteiger charge is 1.99. The van der Waals surface area contributed by atoms with Gasteiger partial charge < -0.3 is 15.3 Å². The summed E-state index contributed by atoms with van der Waals surface area (Å²) in [6, 6.07) is 11.4. The predicted molar refractivity (Wildman–Crippen MR) is 92.1 cm³/mol.